The summed E-state index contributed by atoms with van der Waals surface area (Å²) in [6.07, 6.45) is 2.75. The van der Waals surface area contributed by atoms with E-state index in [-0.39, 0.29) is 0 Å². The normalized spacial score (nSPS) is 13.4. The minimum Gasteiger partial charge on any atom is -0.422 e. The van der Waals surface area contributed by atoms with Crippen LogP contribution in [0.25, 0.3) is 11.2 Å². The first-order valence-corrected chi connectivity index (χ1v) is 4.52. The number of hydrogen-bond acceptors (Lipinski definition) is 3. The monoisotopic (exact) mass is 176 g/mol. The maximum Gasteiger partial charge on any atom is 0.246 e. The van der Waals surface area contributed by atoms with Crippen molar-refractivity contribution in [1.82, 2.24) is 9.97 Å². The summed E-state index contributed by atoms with van der Waals surface area (Å²) >= 11 is 0. The molecule has 0 bridgehead atoms. The molecule has 0 amide bonds. The van der Waals surface area contributed by atoms with Gasteiger partial charge < -0.3 is 4.42 Å². The van der Waals surface area contributed by atoms with Crippen molar-refractivity contribution in [2.75, 3.05) is 0 Å². The van der Waals surface area contributed by atoms with Crippen molar-refractivity contribution < 1.29 is 4.42 Å². The molecule has 0 aliphatic heterocycles. The molecule has 0 aliphatic carbocycles. The van der Waals surface area contributed by atoms with Gasteiger partial charge in [-0.25, -0.2) is 9.97 Å². The van der Waals surface area contributed by atoms with Crippen molar-refractivity contribution in [2.24, 2.45) is 0 Å². The lowest BCUT2D eigenvalue weighted by molar-refractivity contribution is 0.474. The van der Waals surface area contributed by atoms with Crippen LogP contribution in [0, 0.1) is 0 Å². The van der Waals surface area contributed by atoms with Gasteiger partial charge in [-0.1, -0.05) is 13.8 Å². The Hall–Kier alpha value is -1.38. The number of fused-ring (bicyclic) bond motifs is 1. The highest BCUT2D eigenvalue weighted by Gasteiger charge is 2.11. The summed E-state index contributed by atoms with van der Waals surface area (Å²) in [5.41, 5.74) is 1.48. The quantitative estimate of drug-likeness (QED) is 0.706. The lowest BCUT2D eigenvalue weighted by atomic mass is 10.1. The van der Waals surface area contributed by atoms with E-state index in [1.165, 1.54) is 0 Å². The smallest absolute Gasteiger partial charge is 0.246 e. The maximum atomic E-state index is 5.50. The molecule has 0 saturated carbocycles. The minimum atomic E-state index is 0.370. The highest BCUT2D eigenvalue weighted by atomic mass is 16.4. The van der Waals surface area contributed by atoms with Crippen molar-refractivity contribution in [1.29, 1.82) is 0 Å². The second-order valence-corrected chi connectivity index (χ2v) is 3.19. The van der Waals surface area contributed by atoms with Gasteiger partial charge in [-0.15, -0.1) is 0 Å². The molecule has 0 radical (unpaired) electrons. The van der Waals surface area contributed by atoms with Crippen LogP contribution >= 0.6 is 0 Å². The van der Waals surface area contributed by atoms with Crippen molar-refractivity contribution in [2.45, 2.75) is 26.2 Å². The van der Waals surface area contributed by atoms with Crippen LogP contribution in [0.3, 0.4) is 0 Å². The molecule has 1 unspecified atom stereocenters. The number of rotatable bonds is 2. The molecule has 0 spiro atoms. The summed E-state index contributed by atoms with van der Waals surface area (Å²) in [6, 6.07) is 3.78. The van der Waals surface area contributed by atoms with E-state index in [0.717, 1.165) is 17.8 Å². The highest BCUT2D eigenvalue weighted by Crippen LogP contribution is 2.21. The van der Waals surface area contributed by atoms with E-state index >= 15 is 0 Å². The second-order valence-electron chi connectivity index (χ2n) is 3.19. The van der Waals surface area contributed by atoms with Crippen LogP contribution in [-0.2, 0) is 0 Å². The molecule has 0 N–H and O–H groups in total. The molecule has 2 aromatic heterocycles. The Bertz CT molecular complexity index is 375. The molecular formula is C10H12N2O. The van der Waals surface area contributed by atoms with Gasteiger partial charge in [0.05, 0.1) is 0 Å². The third-order valence-electron chi connectivity index (χ3n) is 2.22. The fourth-order valence-corrected chi connectivity index (χ4v) is 1.17. The van der Waals surface area contributed by atoms with Gasteiger partial charge in [0.25, 0.3) is 0 Å². The molecule has 3 heteroatoms. The van der Waals surface area contributed by atoms with Crippen LogP contribution in [0.4, 0.5) is 0 Å². The Kier molecular flexibility index (Phi) is 2.00. The van der Waals surface area contributed by atoms with Crippen LogP contribution in [-0.4, -0.2) is 9.97 Å². The Labute approximate surface area is 76.8 Å². The zero-order valence-corrected chi connectivity index (χ0v) is 7.82. The van der Waals surface area contributed by atoms with E-state index < -0.39 is 0 Å². The first-order valence-electron chi connectivity index (χ1n) is 4.52. The summed E-state index contributed by atoms with van der Waals surface area (Å²) in [5, 5.41) is 0. The second kappa shape index (κ2) is 3.17. The Morgan fingerprint density at radius 2 is 2.38 bits per heavy atom. The molecule has 1 atom stereocenters. The van der Waals surface area contributed by atoms with Gasteiger partial charge in [-0.2, -0.15) is 0 Å². The van der Waals surface area contributed by atoms with E-state index in [1.54, 1.807) is 6.20 Å². The lowest BCUT2D eigenvalue weighted by Crippen LogP contribution is -1.89. The van der Waals surface area contributed by atoms with Crippen molar-refractivity contribution in [3.8, 4) is 0 Å². The predicted molar refractivity (Wildman–Crippen MR) is 50.5 cm³/mol. The summed E-state index contributed by atoms with van der Waals surface area (Å²) in [6.45, 7) is 4.22. The number of pyridine rings is 1. The van der Waals surface area contributed by atoms with Crippen LogP contribution in [0.15, 0.2) is 22.7 Å². The number of hydrogen-bond donors (Lipinski definition) is 0. The third-order valence-corrected chi connectivity index (χ3v) is 2.22. The van der Waals surface area contributed by atoms with Gasteiger partial charge in [0.2, 0.25) is 5.71 Å². The van der Waals surface area contributed by atoms with Crippen molar-refractivity contribution in [3.05, 3.63) is 24.2 Å². The molecule has 13 heavy (non-hydrogen) atoms. The average molecular weight is 176 g/mol. The van der Waals surface area contributed by atoms with E-state index in [2.05, 4.69) is 23.8 Å². The van der Waals surface area contributed by atoms with Crippen molar-refractivity contribution >= 4 is 11.2 Å². The van der Waals surface area contributed by atoms with Gasteiger partial charge in [0, 0.05) is 12.1 Å². The standard InChI is InChI=1S/C10H12N2O/c1-3-7(2)9-12-8-5-4-6-11-10(8)13-9/h4-7H,3H2,1-2H3. The molecule has 0 saturated heterocycles. The molecule has 2 heterocycles. The molecule has 0 aliphatic rings. The molecular weight excluding hydrogens is 164 g/mol. The van der Waals surface area contributed by atoms with E-state index in [0.29, 0.717) is 11.6 Å². The van der Waals surface area contributed by atoms with Gasteiger partial charge in [0.1, 0.15) is 5.52 Å². The average Bonchev–Trinajstić information content (AvgIpc) is 2.59. The van der Waals surface area contributed by atoms with E-state index in [4.69, 9.17) is 4.42 Å². The molecule has 0 aromatic carbocycles. The largest absolute Gasteiger partial charge is 0.422 e. The molecule has 0 fully saturated rings. The molecule has 68 valence electrons. The summed E-state index contributed by atoms with van der Waals surface area (Å²) < 4.78 is 5.50. The molecule has 2 aromatic rings. The first-order chi connectivity index (χ1) is 6.31. The van der Waals surface area contributed by atoms with Crippen LogP contribution in [0.2, 0.25) is 0 Å². The Morgan fingerprint density at radius 1 is 1.54 bits per heavy atom. The maximum absolute atomic E-state index is 5.50. The number of aromatic nitrogens is 2. The molecule has 2 rings (SSSR count). The van der Waals surface area contributed by atoms with Gasteiger partial charge in [-0.05, 0) is 18.6 Å². The van der Waals surface area contributed by atoms with Crippen molar-refractivity contribution in [3.63, 3.8) is 0 Å². The van der Waals surface area contributed by atoms with Crippen LogP contribution in [0.1, 0.15) is 32.1 Å². The van der Waals surface area contributed by atoms with Crippen LogP contribution in [0.5, 0.6) is 0 Å². The van der Waals surface area contributed by atoms with Gasteiger partial charge in [0.15, 0.2) is 5.89 Å². The number of oxazole rings is 1. The van der Waals surface area contributed by atoms with Gasteiger partial charge >= 0.3 is 0 Å². The minimum absolute atomic E-state index is 0.370. The third kappa shape index (κ3) is 1.41. The Morgan fingerprint density at radius 3 is 3.08 bits per heavy atom. The lowest BCUT2D eigenvalue weighted by Gasteiger charge is -1.99. The first kappa shape index (κ1) is 8.23. The summed E-state index contributed by atoms with van der Waals surface area (Å²) in [4.78, 5) is 8.44. The predicted octanol–water partition coefficient (Wildman–Crippen LogP) is 2.74. The molecule has 3 nitrogen and oxygen atoms in total. The van der Waals surface area contributed by atoms with Crippen LogP contribution < -0.4 is 0 Å². The van der Waals surface area contributed by atoms with E-state index in [9.17, 15) is 0 Å². The summed E-state index contributed by atoms with van der Waals surface area (Å²) in [7, 11) is 0. The van der Waals surface area contributed by atoms with E-state index in [1.807, 2.05) is 12.1 Å². The SMILES string of the molecule is CCC(C)c1nc2cccnc2o1. The van der Waals surface area contributed by atoms with Gasteiger partial charge in [-0.3, -0.25) is 0 Å². The fraction of sp³-hybridized carbons (Fsp3) is 0.400. The summed E-state index contributed by atoms with van der Waals surface area (Å²) in [5.74, 6) is 1.16. The zero-order chi connectivity index (χ0) is 9.26. The fourth-order valence-electron chi connectivity index (χ4n) is 1.17. The topological polar surface area (TPSA) is 38.9 Å². The number of nitrogens with zero attached hydrogens (tertiary/aromatic N) is 2. The Balaban J connectivity index is 2.49. The zero-order valence-electron chi connectivity index (χ0n) is 7.82. The highest BCUT2D eigenvalue weighted by molar-refractivity contribution is 5.67.